The number of aryl methyl sites for hydroxylation is 1. The lowest BCUT2D eigenvalue weighted by atomic mass is 9.78. The first-order valence-electron chi connectivity index (χ1n) is 43.1. The van der Waals surface area contributed by atoms with Crippen LogP contribution in [-0.2, 0) is 96.8 Å². The molecule has 8 rings (SSSR count). The minimum absolute atomic E-state index is 0.00549. The number of aromatic nitrogens is 5. The van der Waals surface area contributed by atoms with Crippen LogP contribution >= 0.6 is 0 Å². The molecule has 3 amide bonds. The van der Waals surface area contributed by atoms with E-state index in [-0.39, 0.29) is 80.8 Å². The third-order valence-electron chi connectivity index (χ3n) is 23.0. The molecule has 1 aromatic carbocycles. The summed E-state index contributed by atoms with van der Waals surface area (Å²) in [7, 11) is 4.52. The SMILES string of the molecule is CO[C@H]1C[C@@H]2CC[C@@H](C)[C@@](O)(O2)C(=O)C(=O)N2CCCC[C@H]2C(=O)O[C@H]([C@H](C)C[C@@H]2CC[C@@H](OC(=O)NCCOCCOCCOCCOCCOCCOCCOCCOCCC(=O)NCCCCn3nc(-c4cc5cc(O)ccc5[nH]4)c4c(N)ncnc43)[C@H](OC)C2)C[C@@H](O)[C@H](C)/C=C(\C)[C@@H](O)[C@@H](OC)C(=O)[C@H](C)C[C@H](C)/C=C/C=CC=C1C. The van der Waals surface area contributed by atoms with Crippen molar-refractivity contribution in [3.8, 4) is 17.1 Å². The van der Waals surface area contributed by atoms with Crippen LogP contribution in [-0.4, -0.2) is 293 Å². The van der Waals surface area contributed by atoms with Crippen LogP contribution in [0.2, 0.25) is 0 Å². The number of nitrogens with one attached hydrogen (secondary N) is 3. The maximum Gasteiger partial charge on any atom is 0.407 e. The molecule has 4 aromatic rings. The van der Waals surface area contributed by atoms with E-state index in [0.29, 0.717) is 198 Å². The molecule has 2 saturated heterocycles. The van der Waals surface area contributed by atoms with Gasteiger partial charge >= 0.3 is 12.1 Å². The van der Waals surface area contributed by atoms with Gasteiger partial charge in [0.2, 0.25) is 11.7 Å². The van der Waals surface area contributed by atoms with Gasteiger partial charge < -0.3 is 113 Å². The topological polar surface area (TPSA) is 425 Å². The number of anilines is 1. The molecule has 0 spiro atoms. The number of methoxy groups -OCH3 is 3. The number of nitrogens with zero attached hydrogens (tertiary/aromatic N) is 5. The largest absolute Gasteiger partial charge is 0.508 e. The van der Waals surface area contributed by atoms with Gasteiger partial charge in [0.15, 0.2) is 11.4 Å². The van der Waals surface area contributed by atoms with Gasteiger partial charge in [-0.1, -0.05) is 71.1 Å². The van der Waals surface area contributed by atoms with Crippen LogP contribution in [0.5, 0.6) is 5.75 Å². The van der Waals surface area contributed by atoms with E-state index in [4.69, 9.17) is 77.1 Å². The predicted molar refractivity (Wildman–Crippen MR) is 451 cm³/mol. The molecule has 1 aliphatic carbocycles. The Morgan fingerprint density at radius 1 is 0.711 bits per heavy atom. The van der Waals surface area contributed by atoms with Crippen LogP contribution in [0.3, 0.4) is 0 Å². The Morgan fingerprint density at radius 2 is 1.37 bits per heavy atom. The summed E-state index contributed by atoms with van der Waals surface area (Å²) >= 11 is 0. The smallest absolute Gasteiger partial charge is 0.407 e. The first-order chi connectivity index (χ1) is 58.3. The summed E-state index contributed by atoms with van der Waals surface area (Å²) in [6, 6.07) is 5.82. The van der Waals surface area contributed by atoms with Crippen LogP contribution in [0.1, 0.15) is 145 Å². The third kappa shape index (κ3) is 31.2. The molecule has 1 saturated carbocycles. The van der Waals surface area contributed by atoms with Gasteiger partial charge in [0.05, 0.1) is 141 Å². The van der Waals surface area contributed by atoms with Gasteiger partial charge in [-0.3, -0.25) is 19.2 Å². The lowest BCUT2D eigenvalue weighted by molar-refractivity contribution is -0.265. The summed E-state index contributed by atoms with van der Waals surface area (Å²) in [6.45, 7) is 19.9. The van der Waals surface area contributed by atoms with Crippen molar-refractivity contribution in [3.63, 3.8) is 0 Å². The Kier molecular flexibility index (Phi) is 42.6. The predicted octanol–water partition coefficient (Wildman–Crippen LogP) is 8.40. The highest BCUT2D eigenvalue weighted by molar-refractivity contribution is 6.39. The number of aliphatic hydroxyl groups is 3. The number of phenolic OH excluding ortho intramolecular Hbond substituents is 1. The van der Waals surface area contributed by atoms with E-state index in [2.05, 4.69) is 25.6 Å². The Balaban J connectivity index is 0.653. The number of ketones is 2. The molecule has 0 radical (unpaired) electrons. The number of piperidine rings is 1. The number of benzene rings is 1. The molecule has 3 fully saturated rings. The Hall–Kier alpha value is -7.71. The molecule has 9 N–H and O–H groups in total. The number of hydrogen-bond acceptors (Lipinski definition) is 28. The van der Waals surface area contributed by atoms with Crippen molar-refractivity contribution in [1.82, 2.24) is 40.3 Å². The molecule has 4 aliphatic rings. The normalized spacial score (nSPS) is 27.1. The lowest BCUT2D eigenvalue weighted by Gasteiger charge is -2.43. The van der Waals surface area contributed by atoms with Crippen LogP contribution in [0.15, 0.2) is 78.2 Å². The highest BCUT2D eigenvalue weighted by atomic mass is 16.6. The number of carbonyl (C=O) groups excluding carboxylic acids is 6. The molecule has 6 heterocycles. The molecule has 33 nitrogen and oxygen atoms in total. The van der Waals surface area contributed by atoms with E-state index in [0.717, 1.165) is 35.0 Å². The fourth-order valence-corrected chi connectivity index (χ4v) is 15.9. The van der Waals surface area contributed by atoms with Crippen LogP contribution in [0, 0.1) is 35.5 Å². The molecular formula is C88H135N9O24. The zero-order valence-corrected chi connectivity index (χ0v) is 72.5. The van der Waals surface area contributed by atoms with Crippen LogP contribution < -0.4 is 16.4 Å². The van der Waals surface area contributed by atoms with Gasteiger partial charge in [-0.2, -0.15) is 5.10 Å². The monoisotopic (exact) mass is 1700 g/mol. The van der Waals surface area contributed by atoms with E-state index >= 15 is 0 Å². The second kappa shape index (κ2) is 52.2. The number of hydrogen-bond donors (Lipinski definition) is 8. The van der Waals surface area contributed by atoms with Crippen LogP contribution in [0.25, 0.3) is 33.3 Å². The molecule has 676 valence electrons. The lowest BCUT2D eigenvalue weighted by Crippen LogP contribution is -2.61. The first kappa shape index (κ1) is 98.7. The van der Waals surface area contributed by atoms with Crippen molar-refractivity contribution in [2.45, 2.75) is 212 Å². The Labute approximate surface area is 711 Å². The number of unbranched alkanes of at least 4 members (excludes halogenated alkanes) is 1. The quantitative estimate of drug-likeness (QED) is 0.00896. The van der Waals surface area contributed by atoms with Crippen molar-refractivity contribution < 1.29 is 116 Å². The average Bonchev–Trinajstić information content (AvgIpc) is 1.69. The van der Waals surface area contributed by atoms with Gasteiger partial charge in [0, 0.05) is 95.4 Å². The number of allylic oxidation sites excluding steroid dienone is 5. The summed E-state index contributed by atoms with van der Waals surface area (Å²) in [4.78, 5) is 96.4. The molecule has 0 unspecified atom stereocenters. The fourth-order valence-electron chi connectivity index (χ4n) is 15.9. The number of aromatic amines is 1. The van der Waals surface area contributed by atoms with E-state index in [1.807, 2.05) is 64.1 Å². The van der Waals surface area contributed by atoms with Gasteiger partial charge in [0.25, 0.3) is 11.7 Å². The number of esters is 1. The number of cyclic esters (lactones) is 1. The van der Waals surface area contributed by atoms with Crippen molar-refractivity contribution in [2.24, 2.45) is 35.5 Å². The number of nitrogen functional groups attached to an aromatic ring is 1. The number of aliphatic hydroxyl groups excluding tert-OH is 2. The number of carbonyl (C=O) groups is 6. The number of H-pyrrole nitrogens is 1. The molecular weight excluding hydrogens is 1570 g/mol. The number of alkyl carbamates (subject to hydrolysis) is 1. The number of fused-ring (bicyclic) bond motifs is 5. The standard InChI is InChI=1S/C88H135N9O24/c1-57-18-12-11-13-19-58(2)73(108-8)54-67-24-21-63(7)88(107,121-67)82(103)85(104)96-30-16-14-20-70(96)86(105)119-74(55-71(99)59(3)49-62(6)80(102)81(110-10)79(101)61(5)48-57)60(4)50-64-22-26-72(75(51-64)109-9)120-87(106)91-29-33-112-35-37-114-39-41-116-43-45-118-47-46-117-44-42-115-40-38-113-36-34-111-32-27-76(100)90-28-15-17-31-97-84-77(83(89)92-56-93-84)78(95-97)69-53-65-52-66(98)23-25-68(65)94-69/h11-13,18-19,23,25,49,52-53,56-57,59-61,63-64,67,70-75,80-81,94,98-99,102,107H,14-17,20-22,24,26-48,50-51,54-55H2,1-10H3,(H,90,100)(H,91,106)(H2,89,92,93)/b13-11?,18-12+,58-19?,62-49+/t57-,59-,60-,61-,63-,64+,67+,70+,71-,72-,73+,74+,75-,80-,81+,88-/m1/s1. The molecule has 16 atom stereocenters. The summed E-state index contributed by atoms with van der Waals surface area (Å²) in [5.74, 6) is -7.52. The third-order valence-corrected chi connectivity index (χ3v) is 23.0. The number of nitrogens with two attached hydrogens (primary N) is 1. The maximum atomic E-state index is 14.8. The molecule has 33 heteroatoms. The van der Waals surface area contributed by atoms with Crippen molar-refractivity contribution in [3.05, 3.63) is 78.2 Å². The molecule has 3 aromatic heterocycles. The van der Waals surface area contributed by atoms with Gasteiger partial charge in [-0.15, -0.1) is 0 Å². The average molecular weight is 1700 g/mol. The Bertz CT molecular complexity index is 3960. The van der Waals surface area contributed by atoms with Crippen molar-refractivity contribution in [2.75, 3.05) is 152 Å². The summed E-state index contributed by atoms with van der Waals surface area (Å²) in [5, 5.41) is 57.8. The second-order valence-electron chi connectivity index (χ2n) is 32.3. The second-order valence-corrected chi connectivity index (χ2v) is 32.3. The number of rotatable bonds is 40. The highest BCUT2D eigenvalue weighted by Crippen LogP contribution is 2.40. The van der Waals surface area contributed by atoms with E-state index in [1.54, 1.807) is 63.9 Å². The summed E-state index contributed by atoms with van der Waals surface area (Å²) < 4.78 is 82.6. The summed E-state index contributed by atoms with van der Waals surface area (Å²) in [6.07, 6.45) is 12.1. The van der Waals surface area contributed by atoms with E-state index in [9.17, 15) is 49.2 Å². The molecule has 2 bridgehead atoms. The van der Waals surface area contributed by atoms with Gasteiger partial charge in [0.1, 0.15) is 54.0 Å². The van der Waals surface area contributed by atoms with E-state index < -0.39 is 102 Å². The molecule has 3 aliphatic heterocycles. The number of ether oxygens (including phenoxy) is 14. The highest BCUT2D eigenvalue weighted by Gasteiger charge is 2.53. The zero-order chi connectivity index (χ0) is 87.2. The fraction of sp³-hybridized carbons (Fsp3) is 0.693. The summed E-state index contributed by atoms with van der Waals surface area (Å²) in [5.41, 5.74) is 10.4. The minimum atomic E-state index is -2.47. The number of aromatic hydroxyl groups is 1. The van der Waals surface area contributed by atoms with Gasteiger partial charge in [-0.25, -0.2) is 24.2 Å². The molecule has 121 heavy (non-hydrogen) atoms. The minimum Gasteiger partial charge on any atom is -0.508 e. The Morgan fingerprint density at radius 3 is 2.02 bits per heavy atom. The van der Waals surface area contributed by atoms with Crippen molar-refractivity contribution >= 4 is 63.2 Å². The van der Waals surface area contributed by atoms with E-state index in [1.165, 1.54) is 18.3 Å². The maximum absolute atomic E-state index is 14.8. The number of Topliss-reactive ketones (excluding diaryl/α,β-unsaturated/α-hetero) is 2. The van der Waals surface area contributed by atoms with Gasteiger partial charge in [-0.05, 0) is 144 Å². The first-order valence-corrected chi connectivity index (χ1v) is 43.1. The zero-order valence-electron chi connectivity index (χ0n) is 72.5. The number of phenols is 1. The number of amides is 3. The van der Waals surface area contributed by atoms with Crippen LogP contribution in [0.4, 0.5) is 10.6 Å². The van der Waals surface area contributed by atoms with Crippen molar-refractivity contribution in [1.29, 1.82) is 0 Å².